The minimum atomic E-state index is -0.920. The molecule has 0 heterocycles. The summed E-state index contributed by atoms with van der Waals surface area (Å²) in [5, 5.41) is 8.94. The summed E-state index contributed by atoms with van der Waals surface area (Å²) in [4.78, 5) is 37.3. The number of amides is 3. The normalized spacial score (nSPS) is 15.8. The van der Waals surface area contributed by atoms with Gasteiger partial charge in [0.25, 0.3) is 5.91 Å². The van der Waals surface area contributed by atoms with E-state index in [0.29, 0.717) is 6.42 Å². The van der Waals surface area contributed by atoms with E-state index in [1.165, 1.54) is 23.1 Å². The molecular weight excluding hydrogens is 334 g/mol. The lowest BCUT2D eigenvalue weighted by Gasteiger charge is -2.30. The van der Waals surface area contributed by atoms with Crippen LogP contribution in [0.25, 0.3) is 0 Å². The molecule has 0 radical (unpaired) electrons. The van der Waals surface area contributed by atoms with Gasteiger partial charge >= 0.3 is 0 Å². The van der Waals surface area contributed by atoms with Crippen LogP contribution >= 0.6 is 0 Å². The number of rotatable bonds is 9. The Bertz CT molecular complexity index is 685. The summed E-state index contributed by atoms with van der Waals surface area (Å²) in [5.74, 6) is -1.39. The Labute approximate surface area is 153 Å². The first-order valence-corrected chi connectivity index (χ1v) is 8.84. The molecule has 2 rings (SSSR count). The number of carbonyl (C=O) groups is 3. The van der Waals surface area contributed by atoms with E-state index < -0.39 is 23.3 Å². The number of hydrogen-bond acceptors (Lipinski definition) is 4. The van der Waals surface area contributed by atoms with Crippen molar-refractivity contribution >= 4 is 17.7 Å². The average molecular weight is 361 g/mol. The van der Waals surface area contributed by atoms with Gasteiger partial charge in [0.05, 0.1) is 0 Å². The summed E-state index contributed by atoms with van der Waals surface area (Å²) in [5.41, 5.74) is 8.63. The predicted molar refractivity (Wildman–Crippen MR) is 96.1 cm³/mol. The third kappa shape index (κ3) is 4.82. The molecular formula is C19H27N3O4. The Hall–Kier alpha value is -2.41. The van der Waals surface area contributed by atoms with E-state index >= 15 is 0 Å². The second-order valence-corrected chi connectivity index (χ2v) is 7.18. The molecule has 3 amide bonds. The molecule has 1 aliphatic carbocycles. The fourth-order valence-corrected chi connectivity index (χ4v) is 3.34. The Morgan fingerprint density at radius 1 is 1.35 bits per heavy atom. The van der Waals surface area contributed by atoms with Gasteiger partial charge in [0, 0.05) is 18.9 Å². The lowest BCUT2D eigenvalue weighted by molar-refractivity contribution is -0.147. The number of hydroxylamine groups is 1. The highest BCUT2D eigenvalue weighted by molar-refractivity contribution is 5.91. The standard InChI is InChI=1S/C19H27N3O4/c1-13-4-3-5-14(12-13)8-9-19(10-11-19)18(25)22(2)15(17(24)21-26)6-7-16(20)23/h3-5,12,15,26H,6-11H2,1-2H3,(H2,20,23)(H,21,24)/t15-/m1/s1. The van der Waals surface area contributed by atoms with E-state index in [1.54, 1.807) is 5.48 Å². The second kappa shape index (κ2) is 8.31. The van der Waals surface area contributed by atoms with Gasteiger partial charge in [0.1, 0.15) is 6.04 Å². The molecule has 7 heteroatoms. The van der Waals surface area contributed by atoms with Gasteiger partial charge in [-0.25, -0.2) is 5.48 Å². The lowest BCUT2D eigenvalue weighted by Crippen LogP contribution is -2.49. The van der Waals surface area contributed by atoms with Crippen LogP contribution in [0.15, 0.2) is 24.3 Å². The van der Waals surface area contributed by atoms with Crippen LogP contribution in [-0.2, 0) is 20.8 Å². The van der Waals surface area contributed by atoms with E-state index in [4.69, 9.17) is 10.9 Å². The third-order valence-corrected chi connectivity index (χ3v) is 5.15. The number of nitrogens with one attached hydrogen (secondary N) is 1. The van der Waals surface area contributed by atoms with Crippen molar-refractivity contribution in [2.75, 3.05) is 7.05 Å². The molecule has 1 aromatic rings. The monoisotopic (exact) mass is 361 g/mol. The fraction of sp³-hybridized carbons (Fsp3) is 0.526. The Kier molecular flexibility index (Phi) is 6.37. The van der Waals surface area contributed by atoms with Crippen LogP contribution in [0.5, 0.6) is 0 Å². The minimum absolute atomic E-state index is 0.0357. The molecule has 7 nitrogen and oxygen atoms in total. The third-order valence-electron chi connectivity index (χ3n) is 5.15. The maximum absolute atomic E-state index is 13.0. The van der Waals surface area contributed by atoms with Crippen LogP contribution in [0.2, 0.25) is 0 Å². The summed E-state index contributed by atoms with van der Waals surface area (Å²) in [6, 6.07) is 7.28. The number of nitrogens with two attached hydrogens (primary N) is 1. The quantitative estimate of drug-likeness (QED) is 0.454. The van der Waals surface area contributed by atoms with Crippen molar-refractivity contribution in [3.05, 3.63) is 35.4 Å². The number of benzene rings is 1. The van der Waals surface area contributed by atoms with Crippen LogP contribution in [0, 0.1) is 12.3 Å². The van der Waals surface area contributed by atoms with Crippen molar-refractivity contribution in [2.45, 2.75) is 51.5 Å². The zero-order valence-corrected chi connectivity index (χ0v) is 15.3. The number of aryl methyl sites for hydroxylation is 2. The summed E-state index contributed by atoms with van der Waals surface area (Å²) in [7, 11) is 1.54. The number of hydrogen-bond donors (Lipinski definition) is 3. The maximum atomic E-state index is 13.0. The number of likely N-dealkylation sites (N-methyl/N-ethyl adjacent to an activating group) is 1. The predicted octanol–water partition coefficient (Wildman–Crippen LogP) is 1.31. The van der Waals surface area contributed by atoms with Crippen LogP contribution in [0.3, 0.4) is 0 Å². The zero-order chi connectivity index (χ0) is 19.3. The van der Waals surface area contributed by atoms with Gasteiger partial charge < -0.3 is 10.6 Å². The van der Waals surface area contributed by atoms with E-state index in [0.717, 1.165) is 19.3 Å². The summed E-state index contributed by atoms with van der Waals surface area (Å²) in [6.45, 7) is 2.03. The van der Waals surface area contributed by atoms with Crippen molar-refractivity contribution in [2.24, 2.45) is 11.1 Å². The van der Waals surface area contributed by atoms with Gasteiger partial charge in [-0.15, -0.1) is 0 Å². The van der Waals surface area contributed by atoms with E-state index in [9.17, 15) is 14.4 Å². The van der Waals surface area contributed by atoms with Crippen LogP contribution < -0.4 is 11.2 Å². The van der Waals surface area contributed by atoms with Gasteiger partial charge in [-0.05, 0) is 44.6 Å². The van der Waals surface area contributed by atoms with Gasteiger partial charge in [-0.2, -0.15) is 0 Å². The maximum Gasteiger partial charge on any atom is 0.266 e. The van der Waals surface area contributed by atoms with Gasteiger partial charge in [-0.1, -0.05) is 29.8 Å². The molecule has 0 saturated heterocycles. The van der Waals surface area contributed by atoms with Crippen molar-refractivity contribution in [1.29, 1.82) is 0 Å². The Balaban J connectivity index is 2.04. The highest BCUT2D eigenvalue weighted by Crippen LogP contribution is 2.51. The molecule has 0 aromatic heterocycles. The van der Waals surface area contributed by atoms with Crippen LogP contribution in [0.1, 0.15) is 43.2 Å². The SMILES string of the molecule is Cc1cccc(CCC2(C(=O)N(C)[C@H](CCC(N)=O)C(=O)NO)CC2)c1. The molecule has 1 aromatic carbocycles. The van der Waals surface area contributed by atoms with E-state index in [2.05, 4.69) is 6.07 Å². The van der Waals surface area contributed by atoms with Gasteiger partial charge in [0.15, 0.2) is 0 Å². The molecule has 1 fully saturated rings. The van der Waals surface area contributed by atoms with Crippen molar-refractivity contribution in [1.82, 2.24) is 10.4 Å². The van der Waals surface area contributed by atoms with Crippen molar-refractivity contribution < 1.29 is 19.6 Å². The van der Waals surface area contributed by atoms with E-state index in [1.807, 2.05) is 25.1 Å². The molecule has 0 unspecified atom stereocenters. The first-order chi connectivity index (χ1) is 12.3. The molecule has 0 bridgehead atoms. The van der Waals surface area contributed by atoms with Crippen molar-refractivity contribution in [3.8, 4) is 0 Å². The topological polar surface area (TPSA) is 113 Å². The average Bonchev–Trinajstić information content (AvgIpc) is 3.40. The van der Waals surface area contributed by atoms with Gasteiger partial charge in [-0.3, -0.25) is 19.6 Å². The molecule has 1 atom stereocenters. The molecule has 0 aliphatic heterocycles. The molecule has 1 aliphatic rings. The molecule has 0 spiro atoms. The number of primary amides is 1. The van der Waals surface area contributed by atoms with Crippen LogP contribution in [0.4, 0.5) is 0 Å². The fourth-order valence-electron chi connectivity index (χ4n) is 3.34. The molecule has 26 heavy (non-hydrogen) atoms. The zero-order valence-electron chi connectivity index (χ0n) is 15.3. The molecule has 142 valence electrons. The Morgan fingerprint density at radius 2 is 2.04 bits per heavy atom. The molecule has 4 N–H and O–H groups in total. The highest BCUT2D eigenvalue weighted by atomic mass is 16.5. The molecule has 1 saturated carbocycles. The smallest absolute Gasteiger partial charge is 0.266 e. The highest BCUT2D eigenvalue weighted by Gasteiger charge is 2.51. The Morgan fingerprint density at radius 3 is 2.58 bits per heavy atom. The number of nitrogens with zero attached hydrogens (tertiary/aromatic N) is 1. The minimum Gasteiger partial charge on any atom is -0.370 e. The van der Waals surface area contributed by atoms with Gasteiger partial charge in [0.2, 0.25) is 11.8 Å². The summed E-state index contributed by atoms with van der Waals surface area (Å²) in [6.07, 6.45) is 3.11. The second-order valence-electron chi connectivity index (χ2n) is 7.18. The van der Waals surface area contributed by atoms with E-state index in [-0.39, 0.29) is 18.7 Å². The summed E-state index contributed by atoms with van der Waals surface area (Å²) < 4.78 is 0. The van der Waals surface area contributed by atoms with Crippen molar-refractivity contribution in [3.63, 3.8) is 0 Å². The number of carbonyl (C=O) groups excluding carboxylic acids is 3. The first-order valence-electron chi connectivity index (χ1n) is 8.84. The lowest BCUT2D eigenvalue weighted by atomic mass is 9.94. The van der Waals surface area contributed by atoms with Crippen LogP contribution in [-0.4, -0.2) is 40.9 Å². The first kappa shape index (κ1) is 19.9. The summed E-state index contributed by atoms with van der Waals surface area (Å²) >= 11 is 0. The largest absolute Gasteiger partial charge is 0.370 e.